The fraction of sp³-hybridized carbons (Fsp3) is 0.364. The number of rotatable bonds is 8. The van der Waals surface area contributed by atoms with E-state index in [0.29, 0.717) is 31.1 Å². The Bertz CT molecular complexity index is 977. The summed E-state index contributed by atoms with van der Waals surface area (Å²) in [6.07, 6.45) is 1.24. The smallest absolute Gasteiger partial charge is 0.220 e. The maximum atomic E-state index is 12.0. The van der Waals surface area contributed by atoms with E-state index in [1.807, 2.05) is 39.0 Å². The number of carbonyl (C=O) groups excluding carboxylic acids is 1. The zero-order valence-electron chi connectivity index (χ0n) is 17.5. The number of hydrogen-bond donors (Lipinski definition) is 2. The molecule has 29 heavy (non-hydrogen) atoms. The molecule has 1 amide bonds. The molecule has 0 unspecified atom stereocenters. The molecule has 0 fully saturated rings. The molecule has 7 nitrogen and oxygen atoms in total. The molecule has 7 heteroatoms. The van der Waals surface area contributed by atoms with Gasteiger partial charge in [-0.1, -0.05) is 29.8 Å². The molecular formula is C22H28N6O. The Morgan fingerprint density at radius 1 is 1.03 bits per heavy atom. The van der Waals surface area contributed by atoms with E-state index in [2.05, 4.69) is 51.1 Å². The molecule has 0 saturated carbocycles. The van der Waals surface area contributed by atoms with Crippen LogP contribution in [-0.2, 0) is 11.2 Å². The average molecular weight is 393 g/mol. The number of carbonyl (C=O) groups is 1. The van der Waals surface area contributed by atoms with Gasteiger partial charge in [-0.25, -0.2) is 4.68 Å². The number of nitrogens with one attached hydrogen (secondary N) is 2. The van der Waals surface area contributed by atoms with Crippen LogP contribution < -0.4 is 10.6 Å². The van der Waals surface area contributed by atoms with Gasteiger partial charge in [0.1, 0.15) is 5.82 Å². The zero-order valence-corrected chi connectivity index (χ0v) is 17.5. The van der Waals surface area contributed by atoms with Gasteiger partial charge in [0.05, 0.1) is 5.69 Å². The molecule has 3 aromatic rings. The van der Waals surface area contributed by atoms with Crippen molar-refractivity contribution in [1.82, 2.24) is 25.3 Å². The molecule has 2 aromatic heterocycles. The molecule has 1 aromatic carbocycles. The number of hydrogen-bond acceptors (Lipinski definition) is 5. The normalized spacial score (nSPS) is 10.8. The highest BCUT2D eigenvalue weighted by Crippen LogP contribution is 2.15. The highest BCUT2D eigenvalue weighted by atomic mass is 16.1. The van der Waals surface area contributed by atoms with Gasteiger partial charge in [0.15, 0.2) is 5.82 Å². The lowest BCUT2D eigenvalue weighted by Gasteiger charge is -2.08. The first-order valence-electron chi connectivity index (χ1n) is 9.87. The Labute approximate surface area is 171 Å². The van der Waals surface area contributed by atoms with Gasteiger partial charge in [-0.3, -0.25) is 4.79 Å². The maximum Gasteiger partial charge on any atom is 0.220 e. The molecule has 2 heterocycles. The van der Waals surface area contributed by atoms with Gasteiger partial charge in [-0.2, -0.15) is 5.10 Å². The second-order valence-electron chi connectivity index (χ2n) is 7.25. The van der Waals surface area contributed by atoms with Gasteiger partial charge in [-0.15, -0.1) is 10.2 Å². The largest absolute Gasteiger partial charge is 0.367 e. The van der Waals surface area contributed by atoms with E-state index in [-0.39, 0.29) is 5.91 Å². The Hall–Kier alpha value is -3.22. The lowest BCUT2D eigenvalue weighted by molar-refractivity contribution is -0.120. The van der Waals surface area contributed by atoms with Crippen molar-refractivity contribution in [3.63, 3.8) is 0 Å². The van der Waals surface area contributed by atoms with Crippen molar-refractivity contribution in [3.05, 3.63) is 64.5 Å². The number of amides is 1. The predicted molar refractivity (Wildman–Crippen MR) is 114 cm³/mol. The third-order valence-corrected chi connectivity index (χ3v) is 5.00. The highest BCUT2D eigenvalue weighted by Gasteiger charge is 2.10. The van der Waals surface area contributed by atoms with E-state index >= 15 is 0 Å². The van der Waals surface area contributed by atoms with E-state index in [4.69, 9.17) is 0 Å². The minimum Gasteiger partial charge on any atom is -0.367 e. The predicted octanol–water partition coefficient (Wildman–Crippen LogP) is 3.06. The average Bonchev–Trinajstić information content (AvgIpc) is 2.97. The van der Waals surface area contributed by atoms with E-state index < -0.39 is 0 Å². The lowest BCUT2D eigenvalue weighted by Crippen LogP contribution is -2.29. The summed E-state index contributed by atoms with van der Waals surface area (Å²) in [4.78, 5) is 12.0. The van der Waals surface area contributed by atoms with Gasteiger partial charge in [0.25, 0.3) is 0 Å². The molecule has 2 N–H and O–H groups in total. The second-order valence-corrected chi connectivity index (χ2v) is 7.25. The van der Waals surface area contributed by atoms with Crippen molar-refractivity contribution < 1.29 is 4.79 Å². The summed E-state index contributed by atoms with van der Waals surface area (Å²) >= 11 is 0. The van der Waals surface area contributed by atoms with Gasteiger partial charge in [0.2, 0.25) is 5.91 Å². The Balaban J connectivity index is 1.41. The fourth-order valence-corrected chi connectivity index (χ4v) is 3.08. The number of anilines is 1. The number of benzene rings is 1. The first-order valence-corrected chi connectivity index (χ1v) is 9.87. The van der Waals surface area contributed by atoms with Crippen molar-refractivity contribution in [1.29, 1.82) is 0 Å². The first-order chi connectivity index (χ1) is 13.9. The van der Waals surface area contributed by atoms with Crippen molar-refractivity contribution in [2.75, 3.05) is 18.4 Å². The summed E-state index contributed by atoms with van der Waals surface area (Å²) in [5, 5.41) is 19.0. The summed E-state index contributed by atoms with van der Waals surface area (Å²) in [7, 11) is 0. The Morgan fingerprint density at radius 3 is 2.52 bits per heavy atom. The van der Waals surface area contributed by atoms with Gasteiger partial charge < -0.3 is 10.6 Å². The topological polar surface area (TPSA) is 84.7 Å². The maximum absolute atomic E-state index is 12.0. The van der Waals surface area contributed by atoms with Crippen LogP contribution in [0.5, 0.6) is 0 Å². The third-order valence-electron chi connectivity index (χ3n) is 5.00. The summed E-state index contributed by atoms with van der Waals surface area (Å²) in [5.41, 5.74) is 5.61. The van der Waals surface area contributed by atoms with Crippen LogP contribution in [-0.4, -0.2) is 39.0 Å². The minimum atomic E-state index is 0.0506. The summed E-state index contributed by atoms with van der Waals surface area (Å²) in [6.45, 7) is 9.23. The molecule has 0 aliphatic carbocycles. The number of aryl methyl sites for hydroxylation is 3. The molecule has 0 aliphatic rings. The van der Waals surface area contributed by atoms with Crippen LogP contribution in [0.4, 0.5) is 5.82 Å². The van der Waals surface area contributed by atoms with Crippen LogP contribution in [0.1, 0.15) is 34.5 Å². The summed E-state index contributed by atoms with van der Waals surface area (Å²) in [6, 6.07) is 12.0. The molecule has 0 radical (unpaired) electrons. The SMILES string of the molecule is Cc1cccc(CCC(=O)NCCNc2ccc(-n3nc(C)c(C)c3C)nn2)c1. The van der Waals surface area contributed by atoms with Crippen molar-refractivity contribution in [2.45, 2.75) is 40.5 Å². The van der Waals surface area contributed by atoms with Crippen LogP contribution in [0.25, 0.3) is 5.82 Å². The van der Waals surface area contributed by atoms with E-state index in [0.717, 1.165) is 23.4 Å². The van der Waals surface area contributed by atoms with Crippen molar-refractivity contribution >= 4 is 11.7 Å². The van der Waals surface area contributed by atoms with Crippen LogP contribution in [0.2, 0.25) is 0 Å². The summed E-state index contributed by atoms with van der Waals surface area (Å²) < 4.78 is 1.80. The molecular weight excluding hydrogens is 364 g/mol. The number of aromatic nitrogens is 4. The lowest BCUT2D eigenvalue weighted by atomic mass is 10.1. The number of nitrogens with zero attached hydrogens (tertiary/aromatic N) is 4. The second kappa shape index (κ2) is 9.32. The molecule has 0 atom stereocenters. The van der Waals surface area contributed by atoms with Crippen molar-refractivity contribution in [2.24, 2.45) is 0 Å². The van der Waals surface area contributed by atoms with E-state index in [1.165, 1.54) is 11.1 Å². The van der Waals surface area contributed by atoms with E-state index in [9.17, 15) is 4.79 Å². The zero-order chi connectivity index (χ0) is 20.8. The quantitative estimate of drug-likeness (QED) is 0.576. The molecule has 0 aliphatic heterocycles. The monoisotopic (exact) mass is 392 g/mol. The van der Waals surface area contributed by atoms with Gasteiger partial charge in [-0.05, 0) is 57.4 Å². The van der Waals surface area contributed by atoms with Gasteiger partial charge >= 0.3 is 0 Å². The standard InChI is InChI=1S/C22H28N6O/c1-15-6-5-7-19(14-15)8-11-22(29)24-13-12-23-20-9-10-21(26-25-20)28-18(4)16(2)17(3)27-28/h5-7,9-10,14H,8,11-13H2,1-4H3,(H,23,25)(H,24,29). The van der Waals surface area contributed by atoms with Crippen LogP contribution >= 0.6 is 0 Å². The van der Waals surface area contributed by atoms with Crippen molar-refractivity contribution in [3.8, 4) is 5.82 Å². The molecule has 152 valence electrons. The van der Waals surface area contributed by atoms with E-state index in [1.54, 1.807) is 4.68 Å². The first kappa shape index (κ1) is 20.5. The molecule has 3 rings (SSSR count). The molecule has 0 saturated heterocycles. The Kier molecular flexibility index (Phi) is 6.59. The molecule has 0 bridgehead atoms. The molecule has 0 spiro atoms. The third kappa shape index (κ3) is 5.40. The van der Waals surface area contributed by atoms with Gasteiger partial charge in [0, 0.05) is 25.2 Å². The van der Waals surface area contributed by atoms with Crippen LogP contribution in [0, 0.1) is 27.7 Å². The van der Waals surface area contributed by atoms with Crippen LogP contribution in [0.15, 0.2) is 36.4 Å². The Morgan fingerprint density at radius 2 is 1.86 bits per heavy atom. The fourth-order valence-electron chi connectivity index (χ4n) is 3.08. The summed E-state index contributed by atoms with van der Waals surface area (Å²) in [5.74, 6) is 1.41. The minimum absolute atomic E-state index is 0.0506. The van der Waals surface area contributed by atoms with Crippen LogP contribution in [0.3, 0.4) is 0 Å². The highest BCUT2D eigenvalue weighted by molar-refractivity contribution is 5.76.